The van der Waals surface area contributed by atoms with E-state index in [1.807, 2.05) is 6.07 Å². The van der Waals surface area contributed by atoms with Gasteiger partial charge in [-0.25, -0.2) is 0 Å². The number of carbonyl (C=O) groups excluding carboxylic acids is 1. The molecular weight excluding hydrogens is 256 g/mol. The molecule has 1 aromatic rings. The van der Waals surface area contributed by atoms with E-state index in [0.717, 1.165) is 0 Å². The summed E-state index contributed by atoms with van der Waals surface area (Å²) < 4.78 is 0. The Hall–Kier alpha value is -1.93. The molecule has 0 saturated heterocycles. The summed E-state index contributed by atoms with van der Waals surface area (Å²) >= 11 is 5.78. The molecule has 1 atom stereocenters. The number of nitro groups is 1. The molecule has 0 saturated carbocycles. The van der Waals surface area contributed by atoms with Crippen LogP contribution < -0.4 is 0 Å². The molecule has 5 nitrogen and oxygen atoms in total. The molecule has 0 aliphatic heterocycles. The Labute approximate surface area is 109 Å². The van der Waals surface area contributed by atoms with Gasteiger partial charge in [-0.3, -0.25) is 14.9 Å². The minimum atomic E-state index is -1.28. The van der Waals surface area contributed by atoms with Gasteiger partial charge in [0.25, 0.3) is 5.69 Å². The van der Waals surface area contributed by atoms with Gasteiger partial charge in [0.05, 0.1) is 11.0 Å². The number of hydrogen-bond donors (Lipinski definition) is 0. The van der Waals surface area contributed by atoms with Crippen molar-refractivity contribution < 1.29 is 9.72 Å². The van der Waals surface area contributed by atoms with Gasteiger partial charge in [-0.05, 0) is 26.0 Å². The monoisotopic (exact) mass is 266 g/mol. The normalized spacial score (nSPS) is 13.4. The van der Waals surface area contributed by atoms with Crippen molar-refractivity contribution in [1.29, 1.82) is 5.26 Å². The number of ketones is 1. The molecule has 18 heavy (non-hydrogen) atoms. The third-order valence-electron chi connectivity index (χ3n) is 2.81. The molecule has 94 valence electrons. The molecule has 0 heterocycles. The van der Waals surface area contributed by atoms with Gasteiger partial charge in [-0.1, -0.05) is 11.6 Å². The van der Waals surface area contributed by atoms with Crippen LogP contribution in [0.5, 0.6) is 0 Å². The molecule has 1 rings (SSSR count). The van der Waals surface area contributed by atoms with Crippen LogP contribution in [0.3, 0.4) is 0 Å². The summed E-state index contributed by atoms with van der Waals surface area (Å²) in [5.41, 5.74) is -1.14. The van der Waals surface area contributed by atoms with E-state index in [1.54, 1.807) is 0 Å². The average molecular weight is 267 g/mol. The third-order valence-corrected chi connectivity index (χ3v) is 3.04. The molecule has 0 bridgehead atoms. The number of nitriles is 1. The second-order valence-corrected chi connectivity index (χ2v) is 4.64. The van der Waals surface area contributed by atoms with Crippen LogP contribution in [0.2, 0.25) is 5.02 Å². The molecule has 6 heteroatoms. The van der Waals surface area contributed by atoms with Crippen LogP contribution in [0.4, 0.5) is 5.69 Å². The molecule has 1 unspecified atom stereocenters. The van der Waals surface area contributed by atoms with Crippen molar-refractivity contribution in [3.05, 3.63) is 38.9 Å². The minimum Gasteiger partial charge on any atom is -0.298 e. The zero-order valence-electron chi connectivity index (χ0n) is 9.94. The van der Waals surface area contributed by atoms with Crippen molar-refractivity contribution in [3.63, 3.8) is 0 Å². The molecule has 0 N–H and O–H groups in total. The van der Waals surface area contributed by atoms with Crippen LogP contribution in [0, 0.1) is 26.9 Å². The van der Waals surface area contributed by atoms with Gasteiger partial charge in [0.2, 0.25) is 0 Å². The van der Waals surface area contributed by atoms with Gasteiger partial charge >= 0.3 is 0 Å². The number of carbonyl (C=O) groups is 1. The van der Waals surface area contributed by atoms with Crippen LogP contribution >= 0.6 is 11.6 Å². The molecule has 1 aromatic carbocycles. The van der Waals surface area contributed by atoms with E-state index < -0.39 is 10.3 Å². The Bertz CT molecular complexity index is 551. The molecule has 0 amide bonds. The quantitative estimate of drug-likeness (QED) is 0.619. The van der Waals surface area contributed by atoms with Gasteiger partial charge in [0.1, 0.15) is 11.2 Å². The molecule has 0 spiro atoms. The van der Waals surface area contributed by atoms with E-state index in [4.69, 9.17) is 16.9 Å². The maximum Gasteiger partial charge on any atom is 0.272 e. The lowest BCUT2D eigenvalue weighted by Gasteiger charge is -2.17. The lowest BCUT2D eigenvalue weighted by molar-refractivity contribution is -0.385. The number of nitrogens with zero attached hydrogens (tertiary/aromatic N) is 2. The lowest BCUT2D eigenvalue weighted by atomic mass is 9.81. The molecular formula is C12H11ClN2O3. The Morgan fingerprint density at radius 1 is 1.61 bits per heavy atom. The Balaban J connectivity index is 3.26. The first kappa shape index (κ1) is 14.1. The smallest absolute Gasteiger partial charge is 0.272 e. The summed E-state index contributed by atoms with van der Waals surface area (Å²) in [6.07, 6.45) is -0.0320. The number of nitro benzene ring substituents is 1. The highest BCUT2D eigenvalue weighted by atomic mass is 35.5. The summed E-state index contributed by atoms with van der Waals surface area (Å²) in [7, 11) is 0. The summed E-state index contributed by atoms with van der Waals surface area (Å²) in [5.74, 6) is -0.334. The fraction of sp³-hybridized carbons (Fsp3) is 0.333. The Morgan fingerprint density at radius 2 is 2.22 bits per heavy atom. The van der Waals surface area contributed by atoms with E-state index >= 15 is 0 Å². The van der Waals surface area contributed by atoms with Crippen molar-refractivity contribution >= 4 is 23.1 Å². The number of hydrogen-bond acceptors (Lipinski definition) is 4. The van der Waals surface area contributed by atoms with Crippen LogP contribution in [-0.2, 0) is 11.2 Å². The molecule has 0 aromatic heterocycles. The highest BCUT2D eigenvalue weighted by molar-refractivity contribution is 6.30. The standard InChI is InChI=1S/C12H11ClN2O3/c1-8(16)12(2,7-14)6-9-5-10(13)3-4-11(9)15(17)18/h3-5H,6H2,1-2H3. The van der Waals surface area contributed by atoms with E-state index in [1.165, 1.54) is 32.0 Å². The van der Waals surface area contributed by atoms with Crippen LogP contribution in [0.25, 0.3) is 0 Å². The highest BCUT2D eigenvalue weighted by Gasteiger charge is 2.32. The largest absolute Gasteiger partial charge is 0.298 e. The second kappa shape index (κ2) is 5.15. The second-order valence-electron chi connectivity index (χ2n) is 4.21. The predicted molar refractivity (Wildman–Crippen MR) is 66.2 cm³/mol. The number of halogens is 1. The summed E-state index contributed by atoms with van der Waals surface area (Å²) in [6.45, 7) is 2.75. The van der Waals surface area contributed by atoms with E-state index in [0.29, 0.717) is 5.02 Å². The first-order valence-corrected chi connectivity index (χ1v) is 5.53. The Morgan fingerprint density at radius 3 is 2.67 bits per heavy atom. The van der Waals surface area contributed by atoms with Gasteiger partial charge in [-0.15, -0.1) is 0 Å². The fourth-order valence-corrected chi connectivity index (χ4v) is 1.69. The number of rotatable bonds is 4. The molecule has 0 fully saturated rings. The molecule has 0 aliphatic rings. The van der Waals surface area contributed by atoms with Crippen LogP contribution in [-0.4, -0.2) is 10.7 Å². The Kier molecular flexibility index (Phi) is 4.04. The van der Waals surface area contributed by atoms with Crippen LogP contribution in [0.1, 0.15) is 19.4 Å². The van der Waals surface area contributed by atoms with Gasteiger partial charge in [-0.2, -0.15) is 5.26 Å². The number of benzene rings is 1. The van der Waals surface area contributed by atoms with Gasteiger partial charge in [0, 0.05) is 23.1 Å². The maximum atomic E-state index is 11.4. The summed E-state index contributed by atoms with van der Waals surface area (Å²) in [4.78, 5) is 21.8. The predicted octanol–water partition coefficient (Wildman–Crippen LogP) is 2.91. The van der Waals surface area contributed by atoms with E-state index in [2.05, 4.69) is 0 Å². The van der Waals surface area contributed by atoms with Crippen molar-refractivity contribution in [3.8, 4) is 6.07 Å². The minimum absolute atomic E-state index is 0.0320. The van der Waals surface area contributed by atoms with Gasteiger partial charge < -0.3 is 0 Å². The zero-order chi connectivity index (χ0) is 13.9. The highest BCUT2D eigenvalue weighted by Crippen LogP contribution is 2.30. The van der Waals surface area contributed by atoms with Crippen molar-refractivity contribution in [2.75, 3.05) is 0 Å². The fourth-order valence-electron chi connectivity index (χ4n) is 1.50. The summed E-state index contributed by atoms with van der Waals surface area (Å²) in [6, 6.07) is 5.99. The van der Waals surface area contributed by atoms with E-state index in [-0.39, 0.29) is 23.5 Å². The zero-order valence-corrected chi connectivity index (χ0v) is 10.7. The first-order chi connectivity index (χ1) is 8.30. The molecule has 0 radical (unpaired) electrons. The SMILES string of the molecule is CC(=O)C(C)(C#N)Cc1cc(Cl)ccc1[N+](=O)[O-]. The maximum absolute atomic E-state index is 11.4. The first-order valence-electron chi connectivity index (χ1n) is 5.15. The molecule has 0 aliphatic carbocycles. The average Bonchev–Trinajstić information content (AvgIpc) is 2.28. The van der Waals surface area contributed by atoms with Gasteiger partial charge in [0.15, 0.2) is 0 Å². The van der Waals surface area contributed by atoms with Crippen molar-refractivity contribution in [1.82, 2.24) is 0 Å². The summed E-state index contributed by atoms with van der Waals surface area (Å²) in [5, 5.41) is 20.2. The topological polar surface area (TPSA) is 84.0 Å². The lowest BCUT2D eigenvalue weighted by Crippen LogP contribution is -2.26. The van der Waals surface area contributed by atoms with E-state index in [9.17, 15) is 14.9 Å². The third kappa shape index (κ3) is 2.84. The number of Topliss-reactive ketones (excluding diaryl/α,β-unsaturated/α-hetero) is 1. The van der Waals surface area contributed by atoms with Crippen molar-refractivity contribution in [2.24, 2.45) is 5.41 Å². The van der Waals surface area contributed by atoms with Crippen LogP contribution in [0.15, 0.2) is 18.2 Å². The van der Waals surface area contributed by atoms with Crippen molar-refractivity contribution in [2.45, 2.75) is 20.3 Å².